The predicted octanol–water partition coefficient (Wildman–Crippen LogP) is 5.63. The molecule has 1 N–H and O–H groups in total. The molecule has 0 fully saturated rings. The van der Waals surface area contributed by atoms with Gasteiger partial charge in [0, 0.05) is 21.3 Å². The van der Waals surface area contributed by atoms with E-state index < -0.39 is 5.91 Å². The lowest BCUT2D eigenvalue weighted by Gasteiger charge is -2.13. The van der Waals surface area contributed by atoms with Gasteiger partial charge in [-0.15, -0.1) is 0 Å². The summed E-state index contributed by atoms with van der Waals surface area (Å²) in [5.74, 6) is 0.0113. The second-order valence-corrected chi connectivity index (χ2v) is 6.80. The van der Waals surface area contributed by atoms with Gasteiger partial charge in [0.15, 0.2) is 0 Å². The van der Waals surface area contributed by atoms with Crippen LogP contribution < -0.4 is 10.1 Å². The van der Waals surface area contributed by atoms with Crippen LogP contribution in [0.3, 0.4) is 0 Å². The molecule has 4 nitrogen and oxygen atoms in total. The number of nitrogens with zero attached hydrogens (tertiary/aromatic N) is 1. The van der Waals surface area contributed by atoms with Crippen molar-refractivity contribution in [3.05, 3.63) is 63.1 Å². The van der Waals surface area contributed by atoms with Crippen LogP contribution in [-0.4, -0.2) is 12.0 Å². The van der Waals surface area contributed by atoms with Gasteiger partial charge in [0.25, 0.3) is 5.91 Å². The second-order valence-electron chi connectivity index (χ2n) is 5.93. The quantitative estimate of drug-likeness (QED) is 0.532. The zero-order chi connectivity index (χ0) is 19.3. The smallest absolute Gasteiger partial charge is 0.266 e. The van der Waals surface area contributed by atoms with Gasteiger partial charge in [-0.3, -0.25) is 4.79 Å². The molecule has 134 valence electrons. The standard InChI is InChI=1S/C20H18Cl2N2O2/c1-12(2)26-19-7-6-16(21)9-14(19)8-15(11-23)20(25)24-18-10-17(22)5-4-13(18)3/h4-10,12H,1-3H3,(H,24,25)/b15-8+. The van der Waals surface area contributed by atoms with Crippen molar-refractivity contribution in [1.29, 1.82) is 5.26 Å². The maximum Gasteiger partial charge on any atom is 0.266 e. The van der Waals surface area contributed by atoms with Gasteiger partial charge in [-0.05, 0) is 62.7 Å². The van der Waals surface area contributed by atoms with Gasteiger partial charge < -0.3 is 10.1 Å². The van der Waals surface area contributed by atoms with E-state index in [9.17, 15) is 10.1 Å². The number of hydrogen-bond acceptors (Lipinski definition) is 3. The summed E-state index contributed by atoms with van der Waals surface area (Å²) >= 11 is 12.0. The zero-order valence-electron chi connectivity index (χ0n) is 14.6. The Kier molecular flexibility index (Phi) is 6.68. The number of nitrogens with one attached hydrogen (secondary N) is 1. The van der Waals surface area contributed by atoms with Crippen molar-refractivity contribution in [3.63, 3.8) is 0 Å². The van der Waals surface area contributed by atoms with Gasteiger partial charge in [0.2, 0.25) is 0 Å². The van der Waals surface area contributed by atoms with Crippen LogP contribution in [-0.2, 0) is 4.79 Å². The SMILES string of the molecule is Cc1ccc(Cl)cc1NC(=O)/C(C#N)=C/c1cc(Cl)ccc1OC(C)C. The summed E-state index contributed by atoms with van der Waals surface area (Å²) in [4.78, 5) is 12.5. The largest absolute Gasteiger partial charge is 0.490 e. The van der Waals surface area contributed by atoms with Gasteiger partial charge in [0.1, 0.15) is 17.4 Å². The Morgan fingerprint density at radius 2 is 1.85 bits per heavy atom. The summed E-state index contributed by atoms with van der Waals surface area (Å²) in [6.45, 7) is 5.62. The molecule has 26 heavy (non-hydrogen) atoms. The predicted molar refractivity (Wildman–Crippen MR) is 106 cm³/mol. The first kappa shape index (κ1) is 19.8. The van der Waals surface area contributed by atoms with Crippen LogP contribution in [0.5, 0.6) is 5.75 Å². The summed E-state index contributed by atoms with van der Waals surface area (Å²) in [6, 6.07) is 12.1. The van der Waals surface area contributed by atoms with E-state index in [4.69, 9.17) is 27.9 Å². The molecular formula is C20H18Cl2N2O2. The van der Waals surface area contributed by atoms with Crippen LogP contribution in [0.4, 0.5) is 5.69 Å². The second kappa shape index (κ2) is 8.75. The van der Waals surface area contributed by atoms with Gasteiger partial charge in [0.05, 0.1) is 6.10 Å². The average Bonchev–Trinajstić information content (AvgIpc) is 2.57. The summed E-state index contributed by atoms with van der Waals surface area (Å²) in [7, 11) is 0. The van der Waals surface area contributed by atoms with E-state index in [0.29, 0.717) is 27.0 Å². The van der Waals surface area contributed by atoms with E-state index in [-0.39, 0.29) is 11.7 Å². The molecule has 0 aromatic heterocycles. The fraction of sp³-hybridized carbons (Fsp3) is 0.200. The van der Waals surface area contributed by atoms with Crippen molar-refractivity contribution in [2.24, 2.45) is 0 Å². The van der Waals surface area contributed by atoms with Gasteiger partial charge in [-0.2, -0.15) is 5.26 Å². The number of hydrogen-bond donors (Lipinski definition) is 1. The van der Waals surface area contributed by atoms with Crippen LogP contribution in [0.2, 0.25) is 10.0 Å². The number of carbonyl (C=O) groups is 1. The highest BCUT2D eigenvalue weighted by Crippen LogP contribution is 2.27. The van der Waals surface area contributed by atoms with Crippen LogP contribution >= 0.6 is 23.2 Å². The monoisotopic (exact) mass is 388 g/mol. The highest BCUT2D eigenvalue weighted by molar-refractivity contribution is 6.31. The minimum Gasteiger partial charge on any atom is -0.490 e. The first-order chi connectivity index (χ1) is 12.3. The van der Waals surface area contributed by atoms with Crippen LogP contribution in [0.15, 0.2) is 42.0 Å². The van der Waals surface area contributed by atoms with Crippen molar-refractivity contribution in [1.82, 2.24) is 0 Å². The molecule has 1 amide bonds. The van der Waals surface area contributed by atoms with E-state index >= 15 is 0 Å². The molecule has 0 aliphatic rings. The van der Waals surface area contributed by atoms with E-state index in [1.807, 2.05) is 26.8 Å². The number of rotatable bonds is 5. The van der Waals surface area contributed by atoms with Crippen molar-refractivity contribution in [3.8, 4) is 11.8 Å². The van der Waals surface area contributed by atoms with E-state index in [1.165, 1.54) is 6.08 Å². The number of amides is 1. The van der Waals surface area contributed by atoms with Crippen LogP contribution in [0, 0.1) is 18.3 Å². The molecule has 0 saturated heterocycles. The maximum absolute atomic E-state index is 12.5. The van der Waals surface area contributed by atoms with E-state index in [1.54, 1.807) is 36.4 Å². The van der Waals surface area contributed by atoms with Gasteiger partial charge >= 0.3 is 0 Å². The van der Waals surface area contributed by atoms with Crippen molar-refractivity contribution in [2.75, 3.05) is 5.32 Å². The van der Waals surface area contributed by atoms with E-state index in [2.05, 4.69) is 5.32 Å². The first-order valence-corrected chi connectivity index (χ1v) is 8.71. The van der Waals surface area contributed by atoms with Crippen molar-refractivity contribution >= 4 is 40.9 Å². The Morgan fingerprint density at radius 3 is 2.50 bits per heavy atom. The molecule has 0 radical (unpaired) electrons. The fourth-order valence-electron chi connectivity index (χ4n) is 2.22. The molecule has 2 aromatic rings. The Balaban J connectivity index is 2.36. The third kappa shape index (κ3) is 5.26. The molecule has 0 heterocycles. The molecule has 0 aliphatic heterocycles. The summed E-state index contributed by atoms with van der Waals surface area (Å²) < 4.78 is 5.72. The summed E-state index contributed by atoms with van der Waals surface area (Å²) in [6.07, 6.45) is 1.40. The third-order valence-corrected chi connectivity index (χ3v) is 3.92. The molecule has 2 rings (SSSR count). The Labute approximate surface area is 163 Å². The Morgan fingerprint density at radius 1 is 1.19 bits per heavy atom. The highest BCUT2D eigenvalue weighted by Gasteiger charge is 2.13. The number of aryl methyl sites for hydroxylation is 1. The van der Waals surface area contributed by atoms with Crippen LogP contribution in [0.25, 0.3) is 6.08 Å². The normalized spacial score (nSPS) is 11.2. The van der Waals surface area contributed by atoms with Gasteiger partial charge in [-0.25, -0.2) is 0 Å². The molecule has 6 heteroatoms. The number of carbonyl (C=O) groups excluding carboxylic acids is 1. The maximum atomic E-state index is 12.5. The minimum absolute atomic E-state index is 0.0585. The Bertz CT molecular complexity index is 899. The molecule has 0 spiro atoms. The van der Waals surface area contributed by atoms with Crippen molar-refractivity contribution in [2.45, 2.75) is 26.9 Å². The summed E-state index contributed by atoms with van der Waals surface area (Å²) in [5.41, 5.74) is 1.88. The number of ether oxygens (including phenoxy) is 1. The fourth-order valence-corrected chi connectivity index (χ4v) is 2.57. The Hall–Kier alpha value is -2.48. The summed E-state index contributed by atoms with van der Waals surface area (Å²) in [5, 5.41) is 13.1. The topological polar surface area (TPSA) is 62.1 Å². The zero-order valence-corrected chi connectivity index (χ0v) is 16.2. The van der Waals surface area contributed by atoms with Crippen molar-refractivity contribution < 1.29 is 9.53 Å². The lowest BCUT2D eigenvalue weighted by molar-refractivity contribution is -0.112. The number of benzene rings is 2. The van der Waals surface area contributed by atoms with Gasteiger partial charge in [-0.1, -0.05) is 29.3 Å². The molecule has 0 unspecified atom stereocenters. The lowest BCUT2D eigenvalue weighted by Crippen LogP contribution is -2.14. The number of nitriles is 1. The molecule has 0 saturated carbocycles. The third-order valence-electron chi connectivity index (χ3n) is 3.45. The average molecular weight is 389 g/mol. The molecular weight excluding hydrogens is 371 g/mol. The van der Waals surface area contributed by atoms with Crippen LogP contribution in [0.1, 0.15) is 25.0 Å². The molecule has 0 atom stereocenters. The molecule has 0 aliphatic carbocycles. The lowest BCUT2D eigenvalue weighted by atomic mass is 10.1. The number of anilines is 1. The molecule has 2 aromatic carbocycles. The first-order valence-electron chi connectivity index (χ1n) is 7.95. The number of halogens is 2. The highest BCUT2D eigenvalue weighted by atomic mass is 35.5. The minimum atomic E-state index is -0.534. The molecule has 0 bridgehead atoms. The van der Waals surface area contributed by atoms with E-state index in [0.717, 1.165) is 5.56 Å².